The molecule has 0 amide bonds. The minimum absolute atomic E-state index is 0.115. The van der Waals surface area contributed by atoms with Crippen LogP contribution in [-0.4, -0.2) is 29.3 Å². The van der Waals surface area contributed by atoms with Gasteiger partial charge in [0.05, 0.1) is 10.8 Å². The minimum Gasteiger partial charge on any atom is -0.506 e. The van der Waals surface area contributed by atoms with Crippen molar-refractivity contribution in [2.24, 2.45) is 4.99 Å². The summed E-state index contributed by atoms with van der Waals surface area (Å²) in [5.41, 5.74) is 7.37. The molecule has 0 aliphatic heterocycles. The van der Waals surface area contributed by atoms with Crippen molar-refractivity contribution in [3.8, 4) is 5.75 Å². The quantitative estimate of drug-likeness (QED) is 0.191. The van der Waals surface area contributed by atoms with Crippen molar-refractivity contribution in [3.63, 3.8) is 0 Å². The maximum absolute atomic E-state index is 8.95. The van der Waals surface area contributed by atoms with Crippen LogP contribution in [0.25, 0.3) is 11.1 Å². The highest BCUT2D eigenvalue weighted by atomic mass is 79.9. The molecule has 0 atom stereocenters. The predicted molar refractivity (Wildman–Crippen MR) is 112 cm³/mol. The van der Waals surface area contributed by atoms with Crippen molar-refractivity contribution in [3.05, 3.63) is 45.3 Å². The average Bonchev–Trinajstić information content (AvgIpc) is 3.01. The van der Waals surface area contributed by atoms with Crippen LogP contribution in [0.1, 0.15) is 0 Å². The zero-order valence-corrected chi connectivity index (χ0v) is 17.4. The van der Waals surface area contributed by atoms with Crippen molar-refractivity contribution in [2.75, 3.05) is 25.1 Å². The fourth-order valence-corrected chi connectivity index (χ4v) is 2.21. The molecule has 1 heterocycles. The molecule has 0 bridgehead atoms. The molecule has 0 radical (unpaired) electrons. The van der Waals surface area contributed by atoms with E-state index in [0.717, 1.165) is 20.0 Å². The molecule has 0 unspecified atom stereocenters. The number of benzene rings is 2. The van der Waals surface area contributed by atoms with Gasteiger partial charge < -0.3 is 20.6 Å². The Morgan fingerprint density at radius 2 is 1.84 bits per heavy atom. The fraction of sp³-hybridized carbons (Fsp3) is 0.125. The standard InChI is InChI=1S/C8H7BrN2O.C6H6BrNO.C2H3NS/c1-10-8-11-6-3-2-5(9)4-7(6)12-8;7-4-1-2-5(8)6(9)3-4;1-3-2-4/h2-4H,1H3,(H,10,11);1-3,9H,8H2;1H3. The molecule has 25 heavy (non-hydrogen) atoms. The van der Waals surface area contributed by atoms with Gasteiger partial charge in [-0.15, -0.1) is 0 Å². The number of aromatic nitrogens is 1. The lowest BCUT2D eigenvalue weighted by Crippen LogP contribution is -1.85. The third-order valence-corrected chi connectivity index (χ3v) is 3.82. The Labute approximate surface area is 167 Å². The number of aliphatic imine (C=N–C) groups is 1. The molecule has 0 saturated heterocycles. The highest BCUT2D eigenvalue weighted by Crippen LogP contribution is 2.23. The molecular weight excluding hydrogens is 472 g/mol. The Bertz CT molecular complexity index is 880. The number of rotatable bonds is 1. The highest BCUT2D eigenvalue weighted by molar-refractivity contribution is 9.10. The molecule has 1 aromatic heterocycles. The van der Waals surface area contributed by atoms with Crippen molar-refractivity contribution >= 4 is 72.0 Å². The number of nitrogen functional groups attached to an aromatic ring is 1. The molecule has 2 aromatic carbocycles. The predicted octanol–water partition coefficient (Wildman–Crippen LogP) is 5.09. The van der Waals surface area contributed by atoms with Gasteiger partial charge in [0, 0.05) is 23.0 Å². The third-order valence-electron chi connectivity index (χ3n) is 2.65. The number of halogens is 2. The number of anilines is 2. The number of thiocarbonyl (C=S) groups is 1. The Morgan fingerprint density at radius 3 is 2.36 bits per heavy atom. The van der Waals surface area contributed by atoms with Crippen LogP contribution >= 0.6 is 44.1 Å². The molecule has 3 aromatic rings. The number of phenolic OH excluding ortho intramolecular Hbond substituents is 1. The number of hydrogen-bond acceptors (Lipinski definition) is 7. The number of fused-ring (bicyclic) bond motifs is 1. The molecule has 132 valence electrons. The van der Waals surface area contributed by atoms with E-state index in [0.29, 0.717) is 11.7 Å². The first-order valence-electron chi connectivity index (χ1n) is 6.85. The maximum atomic E-state index is 8.95. The van der Waals surface area contributed by atoms with Crippen LogP contribution in [0.15, 0.2) is 54.8 Å². The largest absolute Gasteiger partial charge is 0.506 e. The van der Waals surface area contributed by atoms with E-state index in [1.807, 2.05) is 18.2 Å². The molecular formula is C16H16Br2N4O2S. The van der Waals surface area contributed by atoms with Crippen LogP contribution in [-0.2, 0) is 0 Å². The monoisotopic (exact) mass is 486 g/mol. The number of nitrogens with zero attached hydrogens (tertiary/aromatic N) is 2. The van der Waals surface area contributed by atoms with Gasteiger partial charge in [-0.05, 0) is 48.6 Å². The maximum Gasteiger partial charge on any atom is 0.295 e. The average molecular weight is 488 g/mol. The van der Waals surface area contributed by atoms with E-state index in [2.05, 4.69) is 64.5 Å². The van der Waals surface area contributed by atoms with Gasteiger partial charge >= 0.3 is 0 Å². The summed E-state index contributed by atoms with van der Waals surface area (Å²) in [7, 11) is 3.37. The van der Waals surface area contributed by atoms with Crippen molar-refractivity contribution in [1.82, 2.24) is 4.98 Å². The summed E-state index contributed by atoms with van der Waals surface area (Å²) in [5, 5.41) is 13.9. The molecule has 0 fully saturated rings. The van der Waals surface area contributed by atoms with Crippen molar-refractivity contribution in [2.45, 2.75) is 0 Å². The lowest BCUT2D eigenvalue weighted by molar-refractivity contribution is 0.477. The fourth-order valence-electron chi connectivity index (χ4n) is 1.52. The first kappa shape index (κ1) is 21.1. The van der Waals surface area contributed by atoms with E-state index in [9.17, 15) is 0 Å². The summed E-state index contributed by atoms with van der Waals surface area (Å²) in [6.45, 7) is 0. The summed E-state index contributed by atoms with van der Waals surface area (Å²) >= 11 is 10.7. The van der Waals surface area contributed by atoms with E-state index < -0.39 is 0 Å². The van der Waals surface area contributed by atoms with E-state index in [1.165, 1.54) is 0 Å². The molecule has 3 rings (SSSR count). The second kappa shape index (κ2) is 10.8. The van der Waals surface area contributed by atoms with Crippen LogP contribution in [0.4, 0.5) is 11.7 Å². The Morgan fingerprint density at radius 1 is 1.24 bits per heavy atom. The summed E-state index contributed by atoms with van der Waals surface area (Å²) < 4.78 is 7.17. The lowest BCUT2D eigenvalue weighted by Gasteiger charge is -1.96. The number of oxazole rings is 1. The molecule has 0 aliphatic carbocycles. The molecule has 4 N–H and O–H groups in total. The summed E-state index contributed by atoms with van der Waals surface area (Å²) in [5.74, 6) is 0.115. The highest BCUT2D eigenvalue weighted by Gasteiger charge is 2.02. The van der Waals surface area contributed by atoms with E-state index in [4.69, 9.17) is 15.3 Å². The Kier molecular flexibility index (Phi) is 9.15. The van der Waals surface area contributed by atoms with E-state index in [-0.39, 0.29) is 5.75 Å². The zero-order valence-electron chi connectivity index (χ0n) is 13.5. The second-order valence-electron chi connectivity index (χ2n) is 4.40. The van der Waals surface area contributed by atoms with Gasteiger partial charge in [-0.3, -0.25) is 0 Å². The van der Waals surface area contributed by atoms with Crippen molar-refractivity contribution < 1.29 is 9.52 Å². The molecule has 6 nitrogen and oxygen atoms in total. The number of phenols is 1. The number of hydrogen-bond donors (Lipinski definition) is 3. The van der Waals surface area contributed by atoms with Crippen LogP contribution in [0.3, 0.4) is 0 Å². The second-order valence-corrected chi connectivity index (χ2v) is 6.41. The SMILES string of the molecule is CN=C=S.CNc1nc2ccc(Br)cc2o1.Nc1ccc(Br)cc1O. The van der Waals surface area contributed by atoms with Crippen LogP contribution < -0.4 is 11.1 Å². The van der Waals surface area contributed by atoms with Gasteiger partial charge in [-0.2, -0.15) is 4.98 Å². The number of nitrogens with one attached hydrogen (secondary N) is 1. The Hall–Kier alpha value is -1.93. The summed E-state index contributed by atoms with van der Waals surface area (Å²) in [6.07, 6.45) is 0. The van der Waals surface area contributed by atoms with Gasteiger partial charge in [-0.25, -0.2) is 4.99 Å². The van der Waals surface area contributed by atoms with Crippen LogP contribution in [0.5, 0.6) is 5.75 Å². The topological polar surface area (TPSA) is 96.7 Å². The van der Waals surface area contributed by atoms with Gasteiger partial charge in [0.25, 0.3) is 6.01 Å². The van der Waals surface area contributed by atoms with Gasteiger partial charge in [-0.1, -0.05) is 31.9 Å². The summed E-state index contributed by atoms with van der Waals surface area (Å²) in [4.78, 5) is 7.47. The number of isothiocyanates is 1. The van der Waals surface area contributed by atoms with Gasteiger partial charge in [0.1, 0.15) is 11.3 Å². The van der Waals surface area contributed by atoms with Gasteiger partial charge in [0.2, 0.25) is 0 Å². The molecule has 0 saturated carbocycles. The third kappa shape index (κ3) is 7.23. The van der Waals surface area contributed by atoms with Gasteiger partial charge in [0.15, 0.2) is 5.58 Å². The molecule has 9 heteroatoms. The number of nitrogens with two attached hydrogens (primary N) is 1. The molecule has 0 spiro atoms. The van der Waals surface area contributed by atoms with E-state index >= 15 is 0 Å². The smallest absolute Gasteiger partial charge is 0.295 e. The zero-order chi connectivity index (χ0) is 18.8. The van der Waals surface area contributed by atoms with E-state index in [1.54, 1.807) is 32.3 Å². The summed E-state index contributed by atoms with van der Waals surface area (Å²) in [6, 6.07) is 11.2. The lowest BCUT2D eigenvalue weighted by atomic mass is 10.3. The van der Waals surface area contributed by atoms with Crippen LogP contribution in [0.2, 0.25) is 0 Å². The Balaban J connectivity index is 0.000000213. The first-order chi connectivity index (χ1) is 11.9. The first-order valence-corrected chi connectivity index (χ1v) is 8.84. The number of aromatic hydroxyl groups is 1. The molecule has 0 aliphatic rings. The minimum atomic E-state index is 0.115. The van der Waals surface area contributed by atoms with Crippen molar-refractivity contribution in [1.29, 1.82) is 0 Å². The normalized spacial score (nSPS) is 9.12. The van der Waals surface area contributed by atoms with Crippen LogP contribution in [0, 0.1) is 0 Å².